The van der Waals surface area contributed by atoms with Crippen LogP contribution < -0.4 is 0 Å². The number of aliphatic hydroxyl groups is 1. The first-order chi connectivity index (χ1) is 21.1. The van der Waals surface area contributed by atoms with Crippen molar-refractivity contribution in [1.82, 2.24) is 0 Å². The molecule has 1 N–H and O–H groups in total. The second kappa shape index (κ2) is 12.8. The van der Waals surface area contributed by atoms with Crippen molar-refractivity contribution in [3.8, 4) is 0 Å². The Morgan fingerprint density at radius 1 is 0.651 bits per heavy atom. The fourth-order valence-electron chi connectivity index (χ4n) is 5.96. The van der Waals surface area contributed by atoms with Crippen LogP contribution in [0.2, 0.25) is 0 Å². The van der Waals surface area contributed by atoms with E-state index in [1.54, 1.807) is 24.3 Å². The van der Waals surface area contributed by atoms with E-state index in [9.17, 15) is 9.90 Å². The second-order valence-corrected chi connectivity index (χ2v) is 11.0. The molecule has 226 valence electrons. The SMILES string of the molecule is O=C(O[C@H]1C[C@@H](O[C@@H]2C[C@H](O)[C@@H]3OC(c4ccccc4)OC[C@H]3O2)O[C@@H]2COC(c3ccccc3)O[C@@H]12)c1ccccc1. The van der Waals surface area contributed by atoms with Crippen molar-refractivity contribution >= 4 is 5.97 Å². The van der Waals surface area contributed by atoms with E-state index >= 15 is 0 Å². The van der Waals surface area contributed by atoms with Crippen LogP contribution in [-0.4, -0.2) is 73.5 Å². The highest BCUT2D eigenvalue weighted by Gasteiger charge is 2.49. The Morgan fingerprint density at radius 2 is 1.16 bits per heavy atom. The lowest BCUT2D eigenvalue weighted by molar-refractivity contribution is -0.381. The van der Waals surface area contributed by atoms with Crippen molar-refractivity contribution in [2.75, 3.05) is 13.2 Å². The molecular formula is C33H34O10. The van der Waals surface area contributed by atoms with Crippen LogP contribution in [0.3, 0.4) is 0 Å². The highest BCUT2D eigenvalue weighted by atomic mass is 16.8. The normalized spacial score (nSPS) is 35.7. The molecule has 3 aromatic carbocycles. The minimum atomic E-state index is -0.838. The summed E-state index contributed by atoms with van der Waals surface area (Å²) in [6.07, 6.45) is -6.15. The summed E-state index contributed by atoms with van der Waals surface area (Å²) < 4.78 is 48.9. The fraction of sp³-hybridized carbons (Fsp3) is 0.424. The van der Waals surface area contributed by atoms with Crippen molar-refractivity contribution < 1.29 is 47.8 Å². The fourth-order valence-corrected chi connectivity index (χ4v) is 5.96. The van der Waals surface area contributed by atoms with E-state index in [1.807, 2.05) is 66.7 Å². The standard InChI is InChI=1S/C33H34O10/c34-23-16-27(38-25-18-36-32(42-29(23)25)21-12-6-2-7-13-21)41-28-17-24(40-31(35)20-10-4-1-5-11-20)30-26(39-28)19-37-33(43-30)22-14-8-3-9-15-22/h1-15,23-30,32-34H,16-19H2/t23-,24-,25+,26+,27+,28+,29-,30-,32?,33?/m0/s1. The van der Waals surface area contributed by atoms with Crippen molar-refractivity contribution in [2.45, 2.75) is 74.6 Å². The molecule has 7 rings (SSSR count). The van der Waals surface area contributed by atoms with Gasteiger partial charge in [0.2, 0.25) is 0 Å². The van der Waals surface area contributed by atoms with Crippen molar-refractivity contribution in [2.24, 2.45) is 0 Å². The maximum absolute atomic E-state index is 13.1. The summed E-state index contributed by atoms with van der Waals surface area (Å²) in [4.78, 5) is 13.1. The smallest absolute Gasteiger partial charge is 0.338 e. The van der Waals surface area contributed by atoms with Gasteiger partial charge in [-0.1, -0.05) is 78.9 Å². The van der Waals surface area contributed by atoms with Gasteiger partial charge in [-0.15, -0.1) is 0 Å². The van der Waals surface area contributed by atoms with E-state index in [0.717, 1.165) is 11.1 Å². The molecule has 4 fully saturated rings. The first-order valence-corrected chi connectivity index (χ1v) is 14.7. The van der Waals surface area contributed by atoms with Gasteiger partial charge in [-0.25, -0.2) is 4.79 Å². The Morgan fingerprint density at radius 3 is 1.77 bits per heavy atom. The summed E-state index contributed by atoms with van der Waals surface area (Å²) in [5.41, 5.74) is 2.17. The predicted octanol–water partition coefficient (Wildman–Crippen LogP) is 4.05. The maximum Gasteiger partial charge on any atom is 0.338 e. The quantitative estimate of drug-likeness (QED) is 0.422. The lowest BCUT2D eigenvalue weighted by Gasteiger charge is -2.47. The van der Waals surface area contributed by atoms with E-state index in [4.69, 9.17) is 37.9 Å². The molecule has 0 aliphatic carbocycles. The average molecular weight is 591 g/mol. The Labute approximate surface area is 249 Å². The maximum atomic E-state index is 13.1. The minimum absolute atomic E-state index is 0.175. The number of esters is 1. The number of ether oxygens (including phenoxy) is 8. The molecule has 3 aromatic rings. The zero-order valence-corrected chi connectivity index (χ0v) is 23.4. The molecule has 0 radical (unpaired) electrons. The monoisotopic (exact) mass is 590 g/mol. The number of aliphatic hydroxyl groups excluding tert-OH is 1. The summed E-state index contributed by atoms with van der Waals surface area (Å²) >= 11 is 0. The summed E-state index contributed by atoms with van der Waals surface area (Å²) in [6.45, 7) is 0.447. The van der Waals surface area contributed by atoms with Crippen molar-refractivity contribution in [3.63, 3.8) is 0 Å². The van der Waals surface area contributed by atoms with E-state index in [2.05, 4.69) is 0 Å². The summed E-state index contributed by atoms with van der Waals surface area (Å²) in [7, 11) is 0. The molecular weight excluding hydrogens is 556 g/mol. The first kappa shape index (κ1) is 28.6. The number of carbonyl (C=O) groups excluding carboxylic acids is 1. The molecule has 10 nitrogen and oxygen atoms in total. The largest absolute Gasteiger partial charge is 0.456 e. The van der Waals surface area contributed by atoms with Crippen LogP contribution in [0.1, 0.15) is 46.9 Å². The zero-order chi connectivity index (χ0) is 29.2. The van der Waals surface area contributed by atoms with E-state index < -0.39 is 67.8 Å². The van der Waals surface area contributed by atoms with Gasteiger partial charge in [0, 0.05) is 24.0 Å². The van der Waals surface area contributed by atoms with Gasteiger partial charge < -0.3 is 43.0 Å². The molecule has 10 heteroatoms. The Bertz CT molecular complexity index is 1340. The summed E-state index contributed by atoms with van der Waals surface area (Å²) in [6, 6.07) is 28.0. The molecule has 0 aromatic heterocycles. The van der Waals surface area contributed by atoms with Crippen LogP contribution in [0.5, 0.6) is 0 Å². The lowest BCUT2D eigenvalue weighted by Crippen LogP contribution is -2.58. The minimum Gasteiger partial charge on any atom is -0.456 e. The number of hydrogen-bond acceptors (Lipinski definition) is 10. The molecule has 0 saturated carbocycles. The van der Waals surface area contributed by atoms with Crippen molar-refractivity contribution in [3.05, 3.63) is 108 Å². The summed E-state index contributed by atoms with van der Waals surface area (Å²) in [5, 5.41) is 11.0. The third kappa shape index (κ3) is 6.38. The molecule has 0 amide bonds. The summed E-state index contributed by atoms with van der Waals surface area (Å²) in [5.74, 6) is -0.465. The van der Waals surface area contributed by atoms with Gasteiger partial charge in [-0.05, 0) is 12.1 Å². The highest BCUT2D eigenvalue weighted by Crippen LogP contribution is 2.38. The van der Waals surface area contributed by atoms with Crippen LogP contribution in [0.25, 0.3) is 0 Å². The molecule has 0 spiro atoms. The molecule has 0 bridgehead atoms. The highest BCUT2D eigenvalue weighted by molar-refractivity contribution is 5.89. The number of rotatable bonds is 6. The molecule has 10 atom stereocenters. The van der Waals surface area contributed by atoms with Gasteiger partial charge in [-0.3, -0.25) is 0 Å². The van der Waals surface area contributed by atoms with Gasteiger partial charge >= 0.3 is 5.97 Å². The van der Waals surface area contributed by atoms with Gasteiger partial charge in [-0.2, -0.15) is 0 Å². The van der Waals surface area contributed by atoms with Crippen LogP contribution in [-0.2, 0) is 37.9 Å². The lowest BCUT2D eigenvalue weighted by atomic mass is 9.99. The topological polar surface area (TPSA) is 111 Å². The third-order valence-corrected chi connectivity index (χ3v) is 8.09. The second-order valence-electron chi connectivity index (χ2n) is 11.0. The van der Waals surface area contributed by atoms with E-state index in [0.29, 0.717) is 5.56 Å². The van der Waals surface area contributed by atoms with Gasteiger partial charge in [0.1, 0.15) is 30.5 Å². The van der Waals surface area contributed by atoms with Crippen LogP contribution >= 0.6 is 0 Å². The number of hydrogen-bond donors (Lipinski definition) is 1. The van der Waals surface area contributed by atoms with Crippen LogP contribution in [0.4, 0.5) is 0 Å². The van der Waals surface area contributed by atoms with E-state index in [-0.39, 0.29) is 26.1 Å². The molecule has 4 heterocycles. The molecule has 2 unspecified atom stereocenters. The molecule has 4 saturated heterocycles. The van der Waals surface area contributed by atoms with Crippen LogP contribution in [0, 0.1) is 0 Å². The Kier molecular flexibility index (Phi) is 8.51. The van der Waals surface area contributed by atoms with Crippen LogP contribution in [0.15, 0.2) is 91.0 Å². The van der Waals surface area contributed by atoms with E-state index in [1.165, 1.54) is 0 Å². The van der Waals surface area contributed by atoms with Gasteiger partial charge in [0.25, 0.3) is 0 Å². The zero-order valence-electron chi connectivity index (χ0n) is 23.4. The average Bonchev–Trinajstić information content (AvgIpc) is 3.06. The number of fused-ring (bicyclic) bond motifs is 2. The Hall–Kier alpha value is -3.19. The Balaban J connectivity index is 1.03. The van der Waals surface area contributed by atoms with Crippen molar-refractivity contribution in [1.29, 1.82) is 0 Å². The molecule has 4 aliphatic heterocycles. The number of carbonyl (C=O) groups is 1. The molecule has 43 heavy (non-hydrogen) atoms. The van der Waals surface area contributed by atoms with Gasteiger partial charge in [0.15, 0.2) is 25.2 Å². The first-order valence-electron chi connectivity index (χ1n) is 14.7. The molecule has 4 aliphatic rings. The third-order valence-electron chi connectivity index (χ3n) is 8.09. The van der Waals surface area contributed by atoms with Gasteiger partial charge in [0.05, 0.1) is 24.9 Å². The predicted molar refractivity (Wildman–Crippen MR) is 149 cm³/mol. The number of benzene rings is 3.